The van der Waals surface area contributed by atoms with Gasteiger partial charge in [0.1, 0.15) is 5.75 Å². The summed E-state index contributed by atoms with van der Waals surface area (Å²) in [6.07, 6.45) is 0.888. The van der Waals surface area contributed by atoms with Gasteiger partial charge < -0.3 is 10.5 Å². The second kappa shape index (κ2) is 9.23. The fraction of sp³-hybridized carbons (Fsp3) is 0.333. The van der Waals surface area contributed by atoms with Crippen LogP contribution in [0.15, 0.2) is 47.7 Å². The van der Waals surface area contributed by atoms with Crippen LogP contribution >= 0.6 is 0 Å². The van der Waals surface area contributed by atoms with Crippen molar-refractivity contribution in [1.29, 1.82) is 5.26 Å². The Hall–Kier alpha value is -3.06. The molecule has 2 N–H and O–H groups in total. The summed E-state index contributed by atoms with van der Waals surface area (Å²) in [7, 11) is 0. The lowest BCUT2D eigenvalue weighted by Crippen LogP contribution is -2.18. The number of ketones is 1. The number of carbonyl (C=O) groups is 1. The summed E-state index contributed by atoms with van der Waals surface area (Å²) in [4.78, 5) is 12.6. The molecule has 4 nitrogen and oxygen atoms in total. The molecule has 28 heavy (non-hydrogen) atoms. The minimum Gasteiger partial charge on any atom is -0.493 e. The van der Waals surface area contributed by atoms with Crippen molar-refractivity contribution in [2.45, 2.75) is 47.0 Å². The molecule has 0 saturated heterocycles. The molecule has 0 aliphatic carbocycles. The number of Topliss-reactive ketones (excluding diaryl/α,β-unsaturated/α-hetero) is 1. The van der Waals surface area contributed by atoms with Crippen molar-refractivity contribution in [2.75, 3.05) is 6.61 Å². The number of nitrogens with two attached hydrogens (primary N) is 1. The number of hydrogen-bond donors (Lipinski definition) is 1. The molecule has 0 saturated carbocycles. The van der Waals surface area contributed by atoms with E-state index >= 15 is 0 Å². The molecule has 0 heterocycles. The molecule has 4 heteroatoms. The summed E-state index contributed by atoms with van der Waals surface area (Å²) in [5.74, 6) is 0.319. The van der Waals surface area contributed by atoms with Crippen molar-refractivity contribution in [3.63, 3.8) is 0 Å². The van der Waals surface area contributed by atoms with E-state index in [1.54, 1.807) is 19.9 Å². The summed E-state index contributed by atoms with van der Waals surface area (Å²) < 4.78 is 6.01. The summed E-state index contributed by atoms with van der Waals surface area (Å²) in [6, 6.07) is 13.7. The number of ether oxygens (including phenoxy) is 1. The van der Waals surface area contributed by atoms with Crippen LogP contribution in [0.4, 0.5) is 0 Å². The van der Waals surface area contributed by atoms with Gasteiger partial charge in [-0.2, -0.15) is 5.26 Å². The van der Waals surface area contributed by atoms with Crippen molar-refractivity contribution in [3.8, 4) is 11.8 Å². The Morgan fingerprint density at radius 1 is 1.14 bits per heavy atom. The molecule has 2 aromatic rings. The van der Waals surface area contributed by atoms with Gasteiger partial charge in [-0.15, -0.1) is 0 Å². The van der Waals surface area contributed by atoms with Crippen LogP contribution in [0.5, 0.6) is 5.75 Å². The van der Waals surface area contributed by atoms with E-state index in [9.17, 15) is 10.1 Å². The molecule has 0 aliphatic rings. The Morgan fingerprint density at radius 3 is 2.39 bits per heavy atom. The molecule has 0 bridgehead atoms. The summed E-state index contributed by atoms with van der Waals surface area (Å²) in [5, 5.41) is 9.22. The lowest BCUT2D eigenvalue weighted by Gasteiger charge is -2.26. The summed E-state index contributed by atoms with van der Waals surface area (Å²) in [5.41, 5.74) is 11.7. The quantitative estimate of drug-likeness (QED) is 0.696. The molecule has 0 amide bonds. The summed E-state index contributed by atoms with van der Waals surface area (Å²) in [6.45, 7) is 9.92. The highest BCUT2D eigenvalue weighted by Crippen LogP contribution is 2.40. The van der Waals surface area contributed by atoms with Crippen LogP contribution < -0.4 is 10.5 Å². The van der Waals surface area contributed by atoms with Gasteiger partial charge in [0.25, 0.3) is 0 Å². The van der Waals surface area contributed by atoms with Gasteiger partial charge in [0.05, 0.1) is 18.2 Å². The van der Waals surface area contributed by atoms with Crippen LogP contribution in [-0.2, 0) is 4.79 Å². The predicted molar refractivity (Wildman–Crippen MR) is 112 cm³/mol. The molecule has 146 valence electrons. The van der Waals surface area contributed by atoms with E-state index in [0.717, 1.165) is 34.4 Å². The molecule has 0 unspecified atom stereocenters. The molecule has 0 fully saturated rings. The third-order valence-corrected chi connectivity index (χ3v) is 4.74. The van der Waals surface area contributed by atoms with E-state index in [1.165, 1.54) is 0 Å². The minimum absolute atomic E-state index is 0.0725. The topological polar surface area (TPSA) is 76.1 Å². The van der Waals surface area contributed by atoms with E-state index in [0.29, 0.717) is 23.4 Å². The largest absolute Gasteiger partial charge is 0.493 e. The zero-order chi connectivity index (χ0) is 20.8. The smallest absolute Gasteiger partial charge is 0.158 e. The molecular formula is C24H28N2O2. The molecule has 1 atom stereocenters. The van der Waals surface area contributed by atoms with Gasteiger partial charge in [-0.05, 0) is 63.4 Å². The SMILES string of the molecule is CCCOc1ccc(C)cc1[C@H](/C(C(C)=O)=C(/C)N)c1ccc(C#N)cc1C. The number of allylic oxidation sites excluding steroid dienone is 2. The van der Waals surface area contributed by atoms with Crippen molar-refractivity contribution >= 4 is 5.78 Å². The van der Waals surface area contributed by atoms with E-state index < -0.39 is 0 Å². The minimum atomic E-state index is -0.359. The number of rotatable bonds is 7. The lowest BCUT2D eigenvalue weighted by atomic mass is 9.79. The third-order valence-electron chi connectivity index (χ3n) is 4.74. The molecule has 2 rings (SSSR count). The number of nitriles is 1. The lowest BCUT2D eigenvalue weighted by molar-refractivity contribution is -0.113. The maximum Gasteiger partial charge on any atom is 0.158 e. The first kappa shape index (κ1) is 21.2. The van der Waals surface area contributed by atoms with E-state index in [1.807, 2.05) is 38.1 Å². The highest BCUT2D eigenvalue weighted by Gasteiger charge is 2.28. The standard InChI is InChI=1S/C24H28N2O2/c1-6-11-28-22-10-7-15(2)12-21(22)24(23(17(4)26)18(5)27)20-9-8-19(14-25)13-16(20)3/h7-10,12-13,24H,6,11,26H2,1-5H3/b23-17-/t24-/m1/s1. The van der Waals surface area contributed by atoms with Gasteiger partial charge >= 0.3 is 0 Å². The molecule has 0 spiro atoms. The van der Waals surface area contributed by atoms with Gasteiger partial charge in [-0.3, -0.25) is 4.79 Å². The zero-order valence-electron chi connectivity index (χ0n) is 17.3. The average Bonchev–Trinajstić information content (AvgIpc) is 2.64. The van der Waals surface area contributed by atoms with Crippen LogP contribution in [-0.4, -0.2) is 12.4 Å². The molecule has 0 aromatic heterocycles. The Kier molecular flexibility index (Phi) is 7.00. The number of nitrogens with zero attached hydrogens (tertiary/aromatic N) is 1. The van der Waals surface area contributed by atoms with Crippen molar-refractivity contribution in [3.05, 3.63) is 75.5 Å². The van der Waals surface area contributed by atoms with Crippen LogP contribution in [0.3, 0.4) is 0 Å². The van der Waals surface area contributed by atoms with Crippen LogP contribution in [0, 0.1) is 25.2 Å². The predicted octanol–water partition coefficient (Wildman–Crippen LogP) is 4.92. The maximum atomic E-state index is 12.6. The fourth-order valence-electron chi connectivity index (χ4n) is 3.49. The van der Waals surface area contributed by atoms with Gasteiger partial charge in [-0.1, -0.05) is 30.7 Å². The zero-order valence-corrected chi connectivity index (χ0v) is 17.3. The van der Waals surface area contributed by atoms with Gasteiger partial charge in [-0.25, -0.2) is 0 Å². The molecule has 0 radical (unpaired) electrons. The van der Waals surface area contributed by atoms with E-state index in [2.05, 4.69) is 19.1 Å². The van der Waals surface area contributed by atoms with Crippen LogP contribution in [0.1, 0.15) is 60.9 Å². The summed E-state index contributed by atoms with van der Waals surface area (Å²) >= 11 is 0. The Balaban J connectivity index is 2.81. The first-order chi connectivity index (χ1) is 13.3. The van der Waals surface area contributed by atoms with Crippen LogP contribution in [0.25, 0.3) is 0 Å². The number of aryl methyl sites for hydroxylation is 2. The normalized spacial score (nSPS) is 12.7. The molecule has 0 aliphatic heterocycles. The first-order valence-electron chi connectivity index (χ1n) is 9.51. The second-order valence-electron chi connectivity index (χ2n) is 7.16. The Bertz CT molecular complexity index is 948. The first-order valence-corrected chi connectivity index (χ1v) is 9.51. The molecular weight excluding hydrogens is 348 g/mol. The monoisotopic (exact) mass is 376 g/mol. The highest BCUT2D eigenvalue weighted by atomic mass is 16.5. The van der Waals surface area contributed by atoms with E-state index in [-0.39, 0.29) is 11.7 Å². The molecule has 2 aromatic carbocycles. The maximum absolute atomic E-state index is 12.6. The second-order valence-corrected chi connectivity index (χ2v) is 7.16. The van der Waals surface area contributed by atoms with Crippen LogP contribution in [0.2, 0.25) is 0 Å². The number of benzene rings is 2. The fourth-order valence-corrected chi connectivity index (χ4v) is 3.49. The number of hydrogen-bond acceptors (Lipinski definition) is 4. The highest BCUT2D eigenvalue weighted by molar-refractivity contribution is 5.96. The van der Waals surface area contributed by atoms with Crippen molar-refractivity contribution < 1.29 is 9.53 Å². The third kappa shape index (κ3) is 4.61. The van der Waals surface area contributed by atoms with Gasteiger partial charge in [0.15, 0.2) is 5.78 Å². The Morgan fingerprint density at radius 2 is 1.86 bits per heavy atom. The van der Waals surface area contributed by atoms with Crippen molar-refractivity contribution in [1.82, 2.24) is 0 Å². The van der Waals surface area contributed by atoms with E-state index in [4.69, 9.17) is 10.5 Å². The Labute approximate surface area is 167 Å². The number of carbonyl (C=O) groups excluding carboxylic acids is 1. The van der Waals surface area contributed by atoms with Crippen molar-refractivity contribution in [2.24, 2.45) is 5.73 Å². The van der Waals surface area contributed by atoms with Gasteiger partial charge in [0, 0.05) is 22.8 Å². The van der Waals surface area contributed by atoms with Gasteiger partial charge in [0.2, 0.25) is 0 Å². The average molecular weight is 377 g/mol.